The van der Waals surface area contributed by atoms with Gasteiger partial charge in [-0.15, -0.1) is 23.2 Å². The lowest BCUT2D eigenvalue weighted by Crippen LogP contribution is -1.85. The lowest BCUT2D eigenvalue weighted by molar-refractivity contribution is 1.24. The van der Waals surface area contributed by atoms with Gasteiger partial charge in [0, 0.05) is 11.8 Å². The highest BCUT2D eigenvalue weighted by molar-refractivity contribution is 6.20. The zero-order valence-electron chi connectivity index (χ0n) is 5.17. The van der Waals surface area contributed by atoms with Gasteiger partial charge >= 0.3 is 0 Å². The molecule has 0 heterocycles. The van der Waals surface area contributed by atoms with E-state index in [0.29, 0.717) is 11.8 Å². The Hall–Kier alpha value is 0.320. The van der Waals surface area contributed by atoms with Gasteiger partial charge in [0.05, 0.1) is 0 Å². The predicted octanol–water partition coefficient (Wildman–Crippen LogP) is 2.80. The minimum absolute atomic E-state index is 0.596. The van der Waals surface area contributed by atoms with Gasteiger partial charge < -0.3 is 0 Å². The molecule has 0 aromatic carbocycles. The fourth-order valence-electron chi connectivity index (χ4n) is 0.228. The monoisotopic (exact) mass is 152 g/mol. The van der Waals surface area contributed by atoms with E-state index in [-0.39, 0.29) is 0 Å². The van der Waals surface area contributed by atoms with Crippen molar-refractivity contribution >= 4 is 23.2 Å². The van der Waals surface area contributed by atoms with Crippen molar-refractivity contribution in [2.75, 3.05) is 11.8 Å². The molecule has 0 N–H and O–H groups in total. The molecule has 0 aromatic rings. The molecule has 0 rings (SSSR count). The summed E-state index contributed by atoms with van der Waals surface area (Å²) >= 11 is 11.0. The molecule has 0 aliphatic heterocycles. The number of allylic oxidation sites excluding steroid dienone is 2. The minimum atomic E-state index is 0.596. The second kappa shape index (κ2) is 4.22. The van der Waals surface area contributed by atoms with Crippen molar-refractivity contribution < 1.29 is 0 Å². The molecule has 0 saturated heterocycles. The minimum Gasteiger partial charge on any atom is -0.122 e. The van der Waals surface area contributed by atoms with E-state index in [9.17, 15) is 0 Å². The van der Waals surface area contributed by atoms with Crippen molar-refractivity contribution in [3.05, 3.63) is 11.1 Å². The van der Waals surface area contributed by atoms with E-state index in [1.165, 1.54) is 11.1 Å². The summed E-state index contributed by atoms with van der Waals surface area (Å²) in [4.78, 5) is 0. The van der Waals surface area contributed by atoms with Crippen LogP contribution in [0.15, 0.2) is 11.1 Å². The van der Waals surface area contributed by atoms with Crippen LogP contribution in [0.3, 0.4) is 0 Å². The SMILES string of the molecule is CC(CCl)=C(C)CCl. The molecule has 2 heteroatoms. The lowest BCUT2D eigenvalue weighted by atomic mass is 10.2. The third kappa shape index (κ3) is 2.58. The van der Waals surface area contributed by atoms with Crippen LogP contribution in [-0.2, 0) is 0 Å². The highest BCUT2D eigenvalue weighted by Crippen LogP contribution is 2.05. The number of rotatable bonds is 2. The molecule has 0 unspecified atom stereocenters. The van der Waals surface area contributed by atoms with Gasteiger partial charge in [0.1, 0.15) is 0 Å². The maximum absolute atomic E-state index is 5.51. The molecule has 0 saturated carbocycles. The van der Waals surface area contributed by atoms with Crippen LogP contribution in [-0.4, -0.2) is 11.8 Å². The molecule has 0 aromatic heterocycles. The Morgan fingerprint density at radius 2 is 1.25 bits per heavy atom. The molecular formula is C6H10Cl2. The first-order valence-electron chi connectivity index (χ1n) is 2.49. The van der Waals surface area contributed by atoms with Crippen LogP contribution in [0.5, 0.6) is 0 Å². The van der Waals surface area contributed by atoms with Crippen molar-refractivity contribution in [3.8, 4) is 0 Å². The largest absolute Gasteiger partial charge is 0.122 e. The Morgan fingerprint density at radius 1 is 1.00 bits per heavy atom. The third-order valence-electron chi connectivity index (χ3n) is 1.13. The van der Waals surface area contributed by atoms with E-state index in [1.807, 2.05) is 13.8 Å². The summed E-state index contributed by atoms with van der Waals surface area (Å²) in [6, 6.07) is 0. The summed E-state index contributed by atoms with van der Waals surface area (Å²) in [6.07, 6.45) is 0. The van der Waals surface area contributed by atoms with Gasteiger partial charge in [-0.3, -0.25) is 0 Å². The lowest BCUT2D eigenvalue weighted by Gasteiger charge is -1.97. The maximum atomic E-state index is 5.51. The fourth-order valence-corrected chi connectivity index (χ4v) is 0.684. The highest BCUT2D eigenvalue weighted by Gasteiger charge is 1.90. The van der Waals surface area contributed by atoms with E-state index in [0.717, 1.165) is 0 Å². The van der Waals surface area contributed by atoms with Crippen LogP contribution in [0.25, 0.3) is 0 Å². The zero-order chi connectivity index (χ0) is 6.57. The van der Waals surface area contributed by atoms with Crippen molar-refractivity contribution in [2.45, 2.75) is 13.8 Å². The Labute approximate surface area is 60.5 Å². The first-order valence-corrected chi connectivity index (χ1v) is 3.56. The normalized spacial score (nSPS) is 13.5. The number of hydrogen-bond acceptors (Lipinski definition) is 0. The van der Waals surface area contributed by atoms with Crippen molar-refractivity contribution in [2.24, 2.45) is 0 Å². The zero-order valence-corrected chi connectivity index (χ0v) is 6.68. The molecule has 48 valence electrons. The van der Waals surface area contributed by atoms with Crippen LogP contribution < -0.4 is 0 Å². The Balaban J connectivity index is 3.83. The average molecular weight is 153 g/mol. The van der Waals surface area contributed by atoms with Crippen LogP contribution in [0.2, 0.25) is 0 Å². The maximum Gasteiger partial charge on any atom is 0.0433 e. The van der Waals surface area contributed by atoms with Gasteiger partial charge in [0.2, 0.25) is 0 Å². The molecule has 8 heavy (non-hydrogen) atoms. The topological polar surface area (TPSA) is 0 Å². The molecule has 0 radical (unpaired) electrons. The molecule has 0 amide bonds. The summed E-state index contributed by atoms with van der Waals surface area (Å²) in [7, 11) is 0. The van der Waals surface area contributed by atoms with Gasteiger partial charge in [-0.2, -0.15) is 0 Å². The molecule has 0 bridgehead atoms. The fraction of sp³-hybridized carbons (Fsp3) is 0.667. The Bertz CT molecular complexity index is 82.7. The van der Waals surface area contributed by atoms with E-state index >= 15 is 0 Å². The molecule has 0 nitrogen and oxygen atoms in total. The smallest absolute Gasteiger partial charge is 0.0433 e. The quantitative estimate of drug-likeness (QED) is 0.422. The summed E-state index contributed by atoms with van der Waals surface area (Å²) in [6.45, 7) is 3.98. The second-order valence-electron chi connectivity index (χ2n) is 1.83. The second-order valence-corrected chi connectivity index (χ2v) is 2.36. The Kier molecular flexibility index (Phi) is 4.39. The van der Waals surface area contributed by atoms with Crippen LogP contribution in [0.1, 0.15) is 13.8 Å². The van der Waals surface area contributed by atoms with Gasteiger partial charge in [-0.25, -0.2) is 0 Å². The summed E-state index contributed by atoms with van der Waals surface area (Å²) in [5, 5.41) is 0. The van der Waals surface area contributed by atoms with E-state index in [1.54, 1.807) is 0 Å². The molecule has 0 fully saturated rings. The number of alkyl halides is 2. The van der Waals surface area contributed by atoms with E-state index in [2.05, 4.69) is 0 Å². The van der Waals surface area contributed by atoms with Crippen molar-refractivity contribution in [3.63, 3.8) is 0 Å². The number of hydrogen-bond donors (Lipinski definition) is 0. The van der Waals surface area contributed by atoms with E-state index < -0.39 is 0 Å². The summed E-state index contributed by atoms with van der Waals surface area (Å²) in [5.74, 6) is 1.19. The van der Waals surface area contributed by atoms with Gasteiger partial charge in [0.25, 0.3) is 0 Å². The Morgan fingerprint density at radius 3 is 1.38 bits per heavy atom. The molecule has 0 aliphatic carbocycles. The predicted molar refractivity (Wildman–Crippen MR) is 39.8 cm³/mol. The molecule has 0 spiro atoms. The summed E-state index contributed by atoms with van der Waals surface area (Å²) < 4.78 is 0. The number of halogens is 2. The van der Waals surface area contributed by atoms with Crippen LogP contribution >= 0.6 is 23.2 Å². The van der Waals surface area contributed by atoms with Gasteiger partial charge in [0.15, 0.2) is 0 Å². The first kappa shape index (κ1) is 8.32. The molecular weight excluding hydrogens is 143 g/mol. The van der Waals surface area contributed by atoms with Gasteiger partial charge in [-0.1, -0.05) is 11.1 Å². The molecule has 0 aliphatic rings. The standard InChI is InChI=1S/C6H10Cl2/c1-5(3-7)6(2)4-8/h3-4H2,1-2H3. The molecule has 0 atom stereocenters. The third-order valence-corrected chi connectivity index (χ3v) is 1.93. The van der Waals surface area contributed by atoms with Crippen molar-refractivity contribution in [1.82, 2.24) is 0 Å². The van der Waals surface area contributed by atoms with Crippen LogP contribution in [0.4, 0.5) is 0 Å². The van der Waals surface area contributed by atoms with E-state index in [4.69, 9.17) is 23.2 Å². The van der Waals surface area contributed by atoms with Crippen molar-refractivity contribution in [1.29, 1.82) is 0 Å². The van der Waals surface area contributed by atoms with Crippen LogP contribution in [0, 0.1) is 0 Å². The summed E-state index contributed by atoms with van der Waals surface area (Å²) in [5.41, 5.74) is 2.36. The average Bonchev–Trinajstić information content (AvgIpc) is 1.84. The highest BCUT2D eigenvalue weighted by atomic mass is 35.5. The first-order chi connectivity index (χ1) is 3.72. The van der Waals surface area contributed by atoms with Gasteiger partial charge in [-0.05, 0) is 13.8 Å².